The van der Waals surface area contributed by atoms with Gasteiger partial charge in [-0.1, -0.05) is 30.6 Å². The highest BCUT2D eigenvalue weighted by Gasteiger charge is 2.21. The van der Waals surface area contributed by atoms with Gasteiger partial charge in [0.1, 0.15) is 5.51 Å². The van der Waals surface area contributed by atoms with E-state index in [4.69, 9.17) is 0 Å². The second-order valence-electron chi connectivity index (χ2n) is 3.57. The number of aromatic nitrogens is 2. The third-order valence-corrected chi connectivity index (χ3v) is 3.17. The Labute approximate surface area is 86.7 Å². The number of nitrogens with zero attached hydrogens (tertiary/aromatic N) is 2. The summed E-state index contributed by atoms with van der Waals surface area (Å²) in [5.74, 6) is 0.300. The zero-order chi connectivity index (χ0) is 9.80. The van der Waals surface area contributed by atoms with Gasteiger partial charge in [-0.25, -0.2) is 0 Å². The standard InChI is InChI=1S/C9H13N3OS/c13-8(7-4-2-1-3-5-7)11-9-12-10-6-14-9/h6-7H,1-5H2,(H,11,12,13). The molecule has 1 heterocycles. The maximum absolute atomic E-state index is 11.7. The number of rotatable bonds is 2. The molecule has 0 radical (unpaired) electrons. The summed E-state index contributed by atoms with van der Waals surface area (Å²) in [6.45, 7) is 0. The van der Waals surface area contributed by atoms with Gasteiger partial charge < -0.3 is 5.32 Å². The summed E-state index contributed by atoms with van der Waals surface area (Å²) in [7, 11) is 0. The second-order valence-corrected chi connectivity index (χ2v) is 4.40. The molecule has 1 saturated carbocycles. The van der Waals surface area contributed by atoms with Gasteiger partial charge in [-0.15, -0.1) is 10.2 Å². The molecule has 2 rings (SSSR count). The first-order valence-corrected chi connectivity index (χ1v) is 5.81. The molecule has 1 amide bonds. The van der Waals surface area contributed by atoms with E-state index in [2.05, 4.69) is 15.5 Å². The summed E-state index contributed by atoms with van der Waals surface area (Å²) >= 11 is 1.36. The van der Waals surface area contributed by atoms with Gasteiger partial charge in [0.25, 0.3) is 0 Å². The minimum absolute atomic E-state index is 0.112. The average Bonchev–Trinajstić information content (AvgIpc) is 2.72. The van der Waals surface area contributed by atoms with Crippen LogP contribution in [-0.2, 0) is 4.79 Å². The number of hydrogen-bond acceptors (Lipinski definition) is 4. The van der Waals surface area contributed by atoms with Gasteiger partial charge in [0, 0.05) is 5.92 Å². The molecule has 0 saturated heterocycles. The van der Waals surface area contributed by atoms with E-state index >= 15 is 0 Å². The number of hydrogen-bond donors (Lipinski definition) is 1. The molecule has 0 atom stereocenters. The van der Waals surface area contributed by atoms with Gasteiger partial charge >= 0.3 is 0 Å². The molecule has 0 aromatic carbocycles. The number of amides is 1. The van der Waals surface area contributed by atoms with Gasteiger partial charge in [-0.3, -0.25) is 4.79 Å². The van der Waals surface area contributed by atoms with Crippen LogP contribution in [0.1, 0.15) is 32.1 Å². The van der Waals surface area contributed by atoms with Crippen LogP contribution in [-0.4, -0.2) is 16.1 Å². The maximum atomic E-state index is 11.7. The fourth-order valence-electron chi connectivity index (χ4n) is 1.80. The average molecular weight is 211 g/mol. The van der Waals surface area contributed by atoms with Crippen molar-refractivity contribution in [3.05, 3.63) is 5.51 Å². The van der Waals surface area contributed by atoms with Crippen molar-refractivity contribution >= 4 is 22.4 Å². The Morgan fingerprint density at radius 2 is 2.21 bits per heavy atom. The Kier molecular flexibility index (Phi) is 3.08. The van der Waals surface area contributed by atoms with E-state index in [1.165, 1.54) is 30.6 Å². The molecular weight excluding hydrogens is 198 g/mol. The highest BCUT2D eigenvalue weighted by atomic mass is 32.1. The minimum atomic E-state index is 0.112. The first-order valence-electron chi connectivity index (χ1n) is 4.93. The number of nitrogens with one attached hydrogen (secondary N) is 1. The van der Waals surface area contributed by atoms with Gasteiger partial charge in [0.05, 0.1) is 0 Å². The lowest BCUT2D eigenvalue weighted by Gasteiger charge is -2.19. The number of anilines is 1. The largest absolute Gasteiger partial charge is 0.300 e. The van der Waals surface area contributed by atoms with Crippen LogP contribution < -0.4 is 5.32 Å². The topological polar surface area (TPSA) is 54.9 Å². The molecule has 0 unspecified atom stereocenters. The molecule has 4 nitrogen and oxygen atoms in total. The van der Waals surface area contributed by atoms with Crippen molar-refractivity contribution in [2.45, 2.75) is 32.1 Å². The molecule has 1 fully saturated rings. The fraction of sp³-hybridized carbons (Fsp3) is 0.667. The Morgan fingerprint density at radius 3 is 2.86 bits per heavy atom. The molecule has 5 heteroatoms. The summed E-state index contributed by atoms with van der Waals surface area (Å²) < 4.78 is 0. The van der Waals surface area contributed by atoms with E-state index in [9.17, 15) is 4.79 Å². The van der Waals surface area contributed by atoms with E-state index in [0.29, 0.717) is 5.13 Å². The summed E-state index contributed by atoms with van der Waals surface area (Å²) in [5.41, 5.74) is 1.62. The summed E-state index contributed by atoms with van der Waals surface area (Å²) in [6.07, 6.45) is 5.65. The predicted molar refractivity (Wildman–Crippen MR) is 55.1 cm³/mol. The van der Waals surface area contributed by atoms with Crippen molar-refractivity contribution in [1.82, 2.24) is 10.2 Å². The van der Waals surface area contributed by atoms with Crippen LogP contribution in [0.5, 0.6) is 0 Å². The third kappa shape index (κ3) is 2.29. The Hall–Kier alpha value is -0.970. The van der Waals surface area contributed by atoms with Gasteiger partial charge in [0.2, 0.25) is 11.0 Å². The van der Waals surface area contributed by atoms with Crippen LogP contribution in [0, 0.1) is 5.92 Å². The molecule has 0 bridgehead atoms. The van der Waals surface area contributed by atoms with E-state index in [-0.39, 0.29) is 11.8 Å². The fourth-order valence-corrected chi connectivity index (χ4v) is 2.25. The lowest BCUT2D eigenvalue weighted by molar-refractivity contribution is -0.120. The number of carbonyl (C=O) groups is 1. The summed E-state index contributed by atoms with van der Waals surface area (Å²) in [4.78, 5) is 11.7. The first-order chi connectivity index (χ1) is 6.86. The van der Waals surface area contributed by atoms with Crippen LogP contribution in [0.3, 0.4) is 0 Å². The summed E-state index contributed by atoms with van der Waals surface area (Å²) in [6, 6.07) is 0. The predicted octanol–water partition coefficient (Wildman–Crippen LogP) is 2.06. The van der Waals surface area contributed by atoms with E-state index in [1.54, 1.807) is 5.51 Å². The summed E-state index contributed by atoms with van der Waals surface area (Å²) in [5, 5.41) is 10.9. The molecule has 1 N–H and O–H groups in total. The number of carbonyl (C=O) groups excluding carboxylic acids is 1. The quantitative estimate of drug-likeness (QED) is 0.814. The molecule has 14 heavy (non-hydrogen) atoms. The van der Waals surface area contributed by atoms with E-state index in [1.807, 2.05) is 0 Å². The van der Waals surface area contributed by atoms with Gasteiger partial charge in [-0.2, -0.15) is 0 Å². The highest BCUT2D eigenvalue weighted by molar-refractivity contribution is 7.13. The van der Waals surface area contributed by atoms with Crippen molar-refractivity contribution < 1.29 is 4.79 Å². The van der Waals surface area contributed by atoms with E-state index in [0.717, 1.165) is 12.8 Å². The van der Waals surface area contributed by atoms with Crippen LogP contribution >= 0.6 is 11.3 Å². The Balaban J connectivity index is 1.88. The molecular formula is C9H13N3OS. The van der Waals surface area contributed by atoms with Crippen molar-refractivity contribution in [3.8, 4) is 0 Å². The highest BCUT2D eigenvalue weighted by Crippen LogP contribution is 2.24. The lowest BCUT2D eigenvalue weighted by atomic mass is 9.89. The molecule has 1 aromatic heterocycles. The molecule has 1 aliphatic carbocycles. The van der Waals surface area contributed by atoms with Crippen LogP contribution in [0.2, 0.25) is 0 Å². The second kappa shape index (κ2) is 4.50. The van der Waals surface area contributed by atoms with Crippen molar-refractivity contribution in [3.63, 3.8) is 0 Å². The lowest BCUT2D eigenvalue weighted by Crippen LogP contribution is -2.24. The molecule has 0 spiro atoms. The Bertz CT molecular complexity index is 293. The molecule has 0 aliphatic heterocycles. The zero-order valence-corrected chi connectivity index (χ0v) is 8.72. The minimum Gasteiger partial charge on any atom is -0.300 e. The smallest absolute Gasteiger partial charge is 0.229 e. The SMILES string of the molecule is O=C(Nc1nncs1)C1CCCCC1. The normalized spacial score (nSPS) is 18.0. The van der Waals surface area contributed by atoms with Crippen LogP contribution in [0.15, 0.2) is 5.51 Å². The molecule has 76 valence electrons. The Morgan fingerprint density at radius 1 is 1.43 bits per heavy atom. The first kappa shape index (κ1) is 9.58. The van der Waals surface area contributed by atoms with Crippen LogP contribution in [0.4, 0.5) is 5.13 Å². The van der Waals surface area contributed by atoms with Crippen molar-refractivity contribution in [2.24, 2.45) is 5.92 Å². The molecule has 1 aliphatic rings. The van der Waals surface area contributed by atoms with Crippen LogP contribution in [0.25, 0.3) is 0 Å². The van der Waals surface area contributed by atoms with Crippen molar-refractivity contribution in [2.75, 3.05) is 5.32 Å². The van der Waals surface area contributed by atoms with Gasteiger partial charge in [-0.05, 0) is 12.8 Å². The van der Waals surface area contributed by atoms with Crippen molar-refractivity contribution in [1.29, 1.82) is 0 Å². The van der Waals surface area contributed by atoms with Gasteiger partial charge in [0.15, 0.2) is 0 Å². The molecule has 1 aromatic rings. The third-order valence-electron chi connectivity index (χ3n) is 2.57. The zero-order valence-electron chi connectivity index (χ0n) is 7.90. The maximum Gasteiger partial charge on any atom is 0.229 e. The van der Waals surface area contributed by atoms with E-state index < -0.39 is 0 Å². The monoisotopic (exact) mass is 211 g/mol.